The Labute approximate surface area is 189 Å². The van der Waals surface area contributed by atoms with E-state index in [1.807, 2.05) is 32.0 Å². The fourth-order valence-corrected chi connectivity index (χ4v) is 5.18. The number of hydrogen-bond donors (Lipinski definition) is 1. The number of piperidine rings is 1. The predicted molar refractivity (Wildman–Crippen MR) is 129 cm³/mol. The van der Waals surface area contributed by atoms with E-state index in [0.29, 0.717) is 10.4 Å². The van der Waals surface area contributed by atoms with Crippen LogP contribution in [0.5, 0.6) is 0 Å². The second-order valence-electron chi connectivity index (χ2n) is 8.19. The molecule has 0 unspecified atom stereocenters. The van der Waals surface area contributed by atoms with E-state index in [9.17, 15) is 14.4 Å². The summed E-state index contributed by atoms with van der Waals surface area (Å²) in [6, 6.07) is 5.77. The molecule has 3 heterocycles. The van der Waals surface area contributed by atoms with Gasteiger partial charge in [-0.15, -0.1) is 6.58 Å². The highest BCUT2D eigenvalue weighted by atomic mass is 32.1. The molecular weight excluding hydrogens is 426 g/mol. The number of carbonyl (C=O) groups excluding carboxylic acids is 1. The number of aromatic nitrogens is 3. The van der Waals surface area contributed by atoms with E-state index >= 15 is 0 Å². The zero-order chi connectivity index (χ0) is 22.8. The van der Waals surface area contributed by atoms with Crippen LogP contribution in [0.2, 0.25) is 0 Å². The van der Waals surface area contributed by atoms with E-state index in [4.69, 9.17) is 0 Å². The molecule has 1 aromatic carbocycles. The summed E-state index contributed by atoms with van der Waals surface area (Å²) in [6.07, 6.45) is 4.82. The zero-order valence-corrected chi connectivity index (χ0v) is 19.2. The minimum absolute atomic E-state index is 0.0727. The van der Waals surface area contributed by atoms with E-state index in [0.717, 1.165) is 46.8 Å². The molecule has 4 rings (SSSR count). The number of thiazole rings is 1. The molecule has 1 amide bonds. The Morgan fingerprint density at radius 3 is 2.47 bits per heavy atom. The molecule has 32 heavy (non-hydrogen) atoms. The van der Waals surface area contributed by atoms with Gasteiger partial charge in [0.15, 0.2) is 10.8 Å². The monoisotopic (exact) mass is 453 g/mol. The van der Waals surface area contributed by atoms with Gasteiger partial charge in [0.2, 0.25) is 5.91 Å². The third kappa shape index (κ3) is 4.38. The Hall–Kier alpha value is -3.20. The van der Waals surface area contributed by atoms with E-state index in [2.05, 4.69) is 21.8 Å². The van der Waals surface area contributed by atoms with Crippen LogP contribution in [0.3, 0.4) is 0 Å². The lowest BCUT2D eigenvalue weighted by atomic mass is 10.1. The summed E-state index contributed by atoms with van der Waals surface area (Å²) in [7, 11) is 0. The Balaban J connectivity index is 1.75. The number of nitrogens with one attached hydrogen (secondary N) is 1. The number of rotatable bonds is 6. The Morgan fingerprint density at radius 2 is 1.81 bits per heavy atom. The number of hydrogen-bond acceptors (Lipinski definition) is 6. The normalized spacial score (nSPS) is 14.0. The summed E-state index contributed by atoms with van der Waals surface area (Å²) in [6.45, 7) is 9.15. The van der Waals surface area contributed by atoms with Gasteiger partial charge in [-0.05, 0) is 56.4 Å². The summed E-state index contributed by atoms with van der Waals surface area (Å²) in [5.41, 5.74) is 2.05. The van der Waals surface area contributed by atoms with Crippen molar-refractivity contribution in [3.63, 3.8) is 0 Å². The van der Waals surface area contributed by atoms with Crippen LogP contribution in [0, 0.1) is 13.8 Å². The van der Waals surface area contributed by atoms with Gasteiger partial charge in [0, 0.05) is 25.3 Å². The van der Waals surface area contributed by atoms with Crippen LogP contribution in [-0.4, -0.2) is 33.1 Å². The molecule has 9 heteroatoms. The van der Waals surface area contributed by atoms with Gasteiger partial charge >= 0.3 is 5.69 Å². The first kappa shape index (κ1) is 22.0. The van der Waals surface area contributed by atoms with Crippen molar-refractivity contribution in [2.24, 2.45) is 0 Å². The van der Waals surface area contributed by atoms with Crippen LogP contribution in [0.4, 0.5) is 10.8 Å². The van der Waals surface area contributed by atoms with E-state index in [-0.39, 0.29) is 24.6 Å². The average Bonchev–Trinajstić information content (AvgIpc) is 3.20. The maximum absolute atomic E-state index is 13.1. The summed E-state index contributed by atoms with van der Waals surface area (Å²) in [5, 5.41) is 3.58. The third-order valence-corrected chi connectivity index (χ3v) is 6.59. The molecule has 0 radical (unpaired) electrons. The molecule has 0 spiro atoms. The van der Waals surface area contributed by atoms with Gasteiger partial charge in [-0.1, -0.05) is 23.5 Å². The smallest absolute Gasteiger partial charge is 0.333 e. The lowest BCUT2D eigenvalue weighted by Gasteiger charge is -2.25. The van der Waals surface area contributed by atoms with Crippen molar-refractivity contribution in [1.29, 1.82) is 0 Å². The van der Waals surface area contributed by atoms with Crippen molar-refractivity contribution in [1.82, 2.24) is 14.1 Å². The maximum atomic E-state index is 13.1. The van der Waals surface area contributed by atoms with Crippen molar-refractivity contribution in [2.45, 2.75) is 46.2 Å². The van der Waals surface area contributed by atoms with Gasteiger partial charge < -0.3 is 10.2 Å². The molecule has 1 aliphatic heterocycles. The Bertz CT molecular complexity index is 1280. The number of fused-ring (bicyclic) bond motifs is 1. The number of anilines is 2. The second-order valence-corrected chi connectivity index (χ2v) is 9.17. The molecule has 0 saturated carbocycles. The molecule has 8 nitrogen and oxygen atoms in total. The summed E-state index contributed by atoms with van der Waals surface area (Å²) in [5.74, 6) is -0.352. The largest absolute Gasteiger partial charge is 0.348 e. The second kappa shape index (κ2) is 9.12. The number of aryl methyl sites for hydroxylation is 2. The molecule has 0 atom stereocenters. The zero-order valence-electron chi connectivity index (χ0n) is 18.4. The highest BCUT2D eigenvalue weighted by molar-refractivity contribution is 7.22. The van der Waals surface area contributed by atoms with Crippen LogP contribution in [0.1, 0.15) is 30.4 Å². The molecular formula is C23H27N5O3S. The minimum Gasteiger partial charge on any atom is -0.348 e. The van der Waals surface area contributed by atoms with Crippen LogP contribution in [0.15, 0.2) is 40.4 Å². The van der Waals surface area contributed by atoms with Gasteiger partial charge in [0.1, 0.15) is 11.2 Å². The molecule has 1 saturated heterocycles. The van der Waals surface area contributed by atoms with Crippen LogP contribution < -0.4 is 21.5 Å². The van der Waals surface area contributed by atoms with E-state index < -0.39 is 11.2 Å². The van der Waals surface area contributed by atoms with Crippen molar-refractivity contribution >= 4 is 38.4 Å². The van der Waals surface area contributed by atoms with Gasteiger partial charge in [-0.25, -0.2) is 9.78 Å². The summed E-state index contributed by atoms with van der Waals surface area (Å²) < 4.78 is 2.78. The third-order valence-electron chi connectivity index (χ3n) is 5.50. The highest BCUT2D eigenvalue weighted by Crippen LogP contribution is 2.28. The average molecular weight is 454 g/mol. The molecule has 168 valence electrons. The molecule has 2 aromatic heterocycles. The fourth-order valence-electron chi connectivity index (χ4n) is 4.11. The topological polar surface area (TPSA) is 89.2 Å². The summed E-state index contributed by atoms with van der Waals surface area (Å²) in [4.78, 5) is 45.8. The van der Waals surface area contributed by atoms with Crippen LogP contribution in [0.25, 0.3) is 10.3 Å². The molecule has 1 fully saturated rings. The van der Waals surface area contributed by atoms with Crippen molar-refractivity contribution in [3.8, 4) is 0 Å². The van der Waals surface area contributed by atoms with Gasteiger partial charge in [0.25, 0.3) is 5.56 Å². The number of nitrogens with zero attached hydrogens (tertiary/aromatic N) is 4. The van der Waals surface area contributed by atoms with Gasteiger partial charge in [0.05, 0.1) is 0 Å². The molecule has 3 aromatic rings. The van der Waals surface area contributed by atoms with Crippen molar-refractivity contribution < 1.29 is 4.79 Å². The van der Waals surface area contributed by atoms with E-state index in [1.54, 1.807) is 0 Å². The van der Waals surface area contributed by atoms with E-state index in [1.165, 1.54) is 28.4 Å². The highest BCUT2D eigenvalue weighted by Gasteiger charge is 2.22. The molecule has 1 N–H and O–H groups in total. The first-order valence-corrected chi connectivity index (χ1v) is 11.6. The lowest BCUT2D eigenvalue weighted by molar-refractivity contribution is -0.116. The number of carbonyl (C=O) groups is 1. The number of amides is 1. The standard InChI is InChI=1S/C23H27N5O3S/c1-4-8-27-21(30)19-20(25-22(32-19)26-9-6-5-7-10-26)28(23(27)31)14-18(29)24-17-12-15(2)11-16(3)13-17/h4,11-13H,1,5-10,14H2,2-3H3,(H,24,29). The number of allylic oxidation sites excluding steroid dienone is 1. The molecule has 0 aliphatic carbocycles. The SMILES string of the molecule is C=CCn1c(=O)c2sc(N3CCCCC3)nc2n(CC(=O)Nc2cc(C)cc(C)c2)c1=O. The first-order valence-electron chi connectivity index (χ1n) is 10.8. The lowest BCUT2D eigenvalue weighted by Crippen LogP contribution is -2.41. The van der Waals surface area contributed by atoms with Crippen LogP contribution in [-0.2, 0) is 17.9 Å². The minimum atomic E-state index is -0.562. The fraction of sp³-hybridized carbons (Fsp3) is 0.391. The Morgan fingerprint density at radius 1 is 1.12 bits per heavy atom. The molecule has 0 bridgehead atoms. The maximum Gasteiger partial charge on any atom is 0.333 e. The Kier molecular flexibility index (Phi) is 6.27. The predicted octanol–water partition coefficient (Wildman–Crippen LogP) is 3.05. The van der Waals surface area contributed by atoms with Gasteiger partial charge in [-0.2, -0.15) is 0 Å². The summed E-state index contributed by atoms with van der Waals surface area (Å²) >= 11 is 1.28. The quantitative estimate of drug-likeness (QED) is 0.580. The van der Waals surface area contributed by atoms with Gasteiger partial charge in [-0.3, -0.25) is 18.7 Å². The van der Waals surface area contributed by atoms with Crippen molar-refractivity contribution in [3.05, 3.63) is 62.8 Å². The van der Waals surface area contributed by atoms with Crippen molar-refractivity contribution in [2.75, 3.05) is 23.3 Å². The molecule has 1 aliphatic rings. The first-order chi connectivity index (χ1) is 15.4. The number of benzene rings is 1. The van der Waals surface area contributed by atoms with Crippen LogP contribution >= 0.6 is 11.3 Å².